The Kier molecular flexibility index (Phi) is 13.8. The van der Waals surface area contributed by atoms with E-state index in [0.717, 1.165) is 26.2 Å². The van der Waals surface area contributed by atoms with Gasteiger partial charge < -0.3 is 14.5 Å². The molecular weight excluding hydrogens is 416 g/mol. The van der Waals surface area contributed by atoms with Crippen LogP contribution in [0.5, 0.6) is 0 Å². The summed E-state index contributed by atoms with van der Waals surface area (Å²) in [6.07, 6.45) is 9.89. The zero-order chi connectivity index (χ0) is 24.6. The van der Waals surface area contributed by atoms with Gasteiger partial charge in [0.2, 0.25) is 0 Å². The summed E-state index contributed by atoms with van der Waals surface area (Å²) in [6.45, 7) is 16.4. The van der Waals surface area contributed by atoms with Crippen LogP contribution < -0.4 is 9.80 Å². The Morgan fingerprint density at radius 2 is 0.853 bits per heavy atom. The number of nitrogens with zero attached hydrogens (tertiary/aromatic N) is 2. The van der Waals surface area contributed by atoms with Crippen LogP contribution >= 0.6 is 0 Å². The van der Waals surface area contributed by atoms with Crippen LogP contribution in [0, 0.1) is 0 Å². The summed E-state index contributed by atoms with van der Waals surface area (Å²) < 4.78 is 6.25. The van der Waals surface area contributed by atoms with Crippen LogP contribution in [0.3, 0.4) is 0 Å². The van der Waals surface area contributed by atoms with E-state index in [-0.39, 0.29) is 6.10 Å². The molecule has 0 bridgehead atoms. The first-order valence-electron chi connectivity index (χ1n) is 14.0. The monoisotopic (exact) mass is 466 g/mol. The summed E-state index contributed by atoms with van der Waals surface area (Å²) in [5.74, 6) is 0. The van der Waals surface area contributed by atoms with Gasteiger partial charge >= 0.3 is 0 Å². The van der Waals surface area contributed by atoms with Gasteiger partial charge in [-0.1, -0.05) is 77.6 Å². The van der Waals surface area contributed by atoms with Gasteiger partial charge in [0.15, 0.2) is 0 Å². The van der Waals surface area contributed by atoms with Crippen molar-refractivity contribution in [3.63, 3.8) is 0 Å². The topological polar surface area (TPSA) is 15.7 Å². The molecule has 0 atom stereocenters. The summed E-state index contributed by atoms with van der Waals surface area (Å²) in [5, 5.41) is 0. The highest BCUT2D eigenvalue weighted by atomic mass is 16.5. The van der Waals surface area contributed by atoms with Crippen molar-refractivity contribution in [1.82, 2.24) is 0 Å². The predicted octanol–water partition coefficient (Wildman–Crippen LogP) is 8.63. The lowest BCUT2D eigenvalue weighted by Gasteiger charge is -2.27. The van der Waals surface area contributed by atoms with Gasteiger partial charge in [-0.25, -0.2) is 0 Å². The van der Waals surface area contributed by atoms with Crippen LogP contribution in [0.1, 0.15) is 103 Å². The van der Waals surface area contributed by atoms with Gasteiger partial charge in [0.05, 0.1) is 0 Å². The lowest BCUT2D eigenvalue weighted by Crippen LogP contribution is -2.25. The van der Waals surface area contributed by atoms with Gasteiger partial charge in [-0.05, 0) is 68.0 Å². The molecule has 190 valence electrons. The second-order valence-corrected chi connectivity index (χ2v) is 9.41. The fourth-order valence-electron chi connectivity index (χ4n) is 4.41. The lowest BCUT2D eigenvalue weighted by atomic mass is 10.00. The maximum atomic E-state index is 6.25. The number of ether oxygens (including phenoxy) is 1. The smallest absolute Gasteiger partial charge is 0.108 e. The van der Waals surface area contributed by atoms with E-state index >= 15 is 0 Å². The molecular formula is C31H50N2O. The maximum Gasteiger partial charge on any atom is 0.108 e. The minimum atomic E-state index is -0.0208. The van der Waals surface area contributed by atoms with Crippen molar-refractivity contribution in [2.45, 2.75) is 92.1 Å². The number of hydrogen-bond donors (Lipinski definition) is 0. The number of rotatable bonds is 18. The second kappa shape index (κ2) is 16.6. The van der Waals surface area contributed by atoms with E-state index in [1.165, 1.54) is 73.9 Å². The van der Waals surface area contributed by atoms with Crippen LogP contribution in [-0.2, 0) is 4.74 Å². The third kappa shape index (κ3) is 8.98. The average Bonchev–Trinajstić information content (AvgIpc) is 2.88. The van der Waals surface area contributed by atoms with E-state index in [4.69, 9.17) is 4.74 Å². The minimum absolute atomic E-state index is 0.0208. The molecule has 0 N–H and O–H groups in total. The van der Waals surface area contributed by atoms with Crippen molar-refractivity contribution in [2.75, 3.05) is 42.6 Å². The molecule has 0 radical (unpaired) electrons. The molecule has 2 aromatic carbocycles. The highest BCUT2D eigenvalue weighted by Crippen LogP contribution is 2.30. The third-order valence-corrected chi connectivity index (χ3v) is 6.58. The summed E-state index contributed by atoms with van der Waals surface area (Å²) in [6, 6.07) is 18.2. The summed E-state index contributed by atoms with van der Waals surface area (Å²) >= 11 is 0. The zero-order valence-corrected chi connectivity index (χ0v) is 22.7. The van der Waals surface area contributed by atoms with Gasteiger partial charge in [-0.15, -0.1) is 0 Å². The molecule has 0 unspecified atom stereocenters. The maximum absolute atomic E-state index is 6.25. The predicted molar refractivity (Wildman–Crippen MR) is 150 cm³/mol. The molecule has 0 fully saturated rings. The van der Waals surface area contributed by atoms with Crippen molar-refractivity contribution in [3.05, 3.63) is 59.7 Å². The first-order chi connectivity index (χ1) is 16.7. The molecule has 0 aromatic heterocycles. The Labute approximate surface area is 210 Å². The fourth-order valence-corrected chi connectivity index (χ4v) is 4.41. The van der Waals surface area contributed by atoms with E-state index in [1.54, 1.807) is 0 Å². The summed E-state index contributed by atoms with van der Waals surface area (Å²) in [5.41, 5.74) is 5.13. The molecule has 0 heterocycles. The molecule has 0 aliphatic heterocycles. The molecule has 2 aromatic rings. The van der Waals surface area contributed by atoms with Crippen LogP contribution in [-0.4, -0.2) is 32.8 Å². The van der Waals surface area contributed by atoms with Gasteiger partial charge in [-0.2, -0.15) is 0 Å². The number of hydrogen-bond acceptors (Lipinski definition) is 3. The van der Waals surface area contributed by atoms with Crippen molar-refractivity contribution in [3.8, 4) is 0 Å². The lowest BCUT2D eigenvalue weighted by molar-refractivity contribution is 0.0914. The van der Waals surface area contributed by atoms with Gasteiger partial charge in [0.25, 0.3) is 0 Å². The molecule has 0 saturated heterocycles. The van der Waals surface area contributed by atoms with E-state index in [2.05, 4.69) is 92.9 Å². The first-order valence-corrected chi connectivity index (χ1v) is 14.0. The van der Waals surface area contributed by atoms with Gasteiger partial charge in [0.1, 0.15) is 6.10 Å². The quantitative estimate of drug-likeness (QED) is 0.219. The van der Waals surface area contributed by atoms with Crippen molar-refractivity contribution in [2.24, 2.45) is 0 Å². The number of benzene rings is 2. The Balaban J connectivity index is 2.19. The first kappa shape index (κ1) is 28.2. The standard InChI is InChI=1S/C31H50N2O/c1-6-11-23-32(24-12-7-2)29-19-15-27(16-20-29)31(34-10-5)28-17-21-30(22-18-28)33(25-13-8-3)26-14-9-4/h15-22,31H,6-14,23-26H2,1-5H3. The Morgan fingerprint density at radius 1 is 0.529 bits per heavy atom. The Bertz CT molecular complexity index is 677. The zero-order valence-electron chi connectivity index (χ0n) is 22.7. The van der Waals surface area contributed by atoms with Crippen LogP contribution in [0.25, 0.3) is 0 Å². The molecule has 2 rings (SSSR count). The van der Waals surface area contributed by atoms with E-state index < -0.39 is 0 Å². The van der Waals surface area contributed by atoms with Crippen molar-refractivity contribution >= 4 is 11.4 Å². The highest BCUT2D eigenvalue weighted by Gasteiger charge is 2.16. The molecule has 0 spiro atoms. The Hall–Kier alpha value is -2.00. The molecule has 34 heavy (non-hydrogen) atoms. The van der Waals surface area contributed by atoms with E-state index in [9.17, 15) is 0 Å². The SMILES string of the molecule is CCCCN(CCCC)c1ccc(C(OCC)c2ccc(N(CCCC)CCCC)cc2)cc1. The van der Waals surface area contributed by atoms with Crippen LogP contribution in [0.2, 0.25) is 0 Å². The second-order valence-electron chi connectivity index (χ2n) is 9.41. The molecule has 3 heteroatoms. The minimum Gasteiger partial charge on any atom is -0.372 e. The van der Waals surface area contributed by atoms with Crippen molar-refractivity contribution < 1.29 is 4.74 Å². The van der Waals surface area contributed by atoms with E-state index in [0.29, 0.717) is 6.61 Å². The number of unbranched alkanes of at least 4 members (excludes halogenated alkanes) is 4. The number of anilines is 2. The molecule has 0 aliphatic rings. The van der Waals surface area contributed by atoms with E-state index in [1.807, 2.05) is 0 Å². The molecule has 0 amide bonds. The largest absolute Gasteiger partial charge is 0.372 e. The molecule has 0 saturated carbocycles. The van der Waals surface area contributed by atoms with Crippen LogP contribution in [0.15, 0.2) is 48.5 Å². The summed E-state index contributed by atoms with van der Waals surface area (Å²) in [7, 11) is 0. The highest BCUT2D eigenvalue weighted by molar-refractivity contribution is 5.51. The fraction of sp³-hybridized carbons (Fsp3) is 0.613. The van der Waals surface area contributed by atoms with Crippen LogP contribution in [0.4, 0.5) is 11.4 Å². The summed E-state index contributed by atoms with van der Waals surface area (Å²) in [4.78, 5) is 5.09. The van der Waals surface area contributed by atoms with Crippen molar-refractivity contribution in [1.29, 1.82) is 0 Å². The van der Waals surface area contributed by atoms with Gasteiger partial charge in [-0.3, -0.25) is 0 Å². The molecule has 3 nitrogen and oxygen atoms in total. The normalized spacial score (nSPS) is 11.2. The third-order valence-electron chi connectivity index (χ3n) is 6.58. The Morgan fingerprint density at radius 3 is 1.12 bits per heavy atom. The molecule has 0 aliphatic carbocycles. The average molecular weight is 467 g/mol. The van der Waals surface area contributed by atoms with Gasteiger partial charge in [0, 0.05) is 44.2 Å².